The highest BCUT2D eigenvalue weighted by atomic mass is 19.4. The first-order valence-electron chi connectivity index (χ1n) is 15.0. The van der Waals surface area contributed by atoms with Gasteiger partial charge in [0.2, 0.25) is 5.91 Å². The fraction of sp³-hybridized carbons (Fsp3) is 0.515. The number of likely N-dealkylation sites (N-methyl/N-ethyl adjacent to an activating group) is 1. The minimum atomic E-state index is -4.83. The van der Waals surface area contributed by atoms with Gasteiger partial charge in [-0.1, -0.05) is 32.0 Å². The summed E-state index contributed by atoms with van der Waals surface area (Å²) in [5.74, 6) is -0.560. The molecule has 1 saturated heterocycles. The van der Waals surface area contributed by atoms with Crippen LogP contribution in [0.15, 0.2) is 42.5 Å². The molecule has 44 heavy (non-hydrogen) atoms. The number of alkyl halides is 3. The highest BCUT2D eigenvalue weighted by Crippen LogP contribution is 2.67. The van der Waals surface area contributed by atoms with E-state index in [1.807, 2.05) is 27.0 Å². The van der Waals surface area contributed by atoms with E-state index in [1.54, 1.807) is 17.0 Å². The summed E-state index contributed by atoms with van der Waals surface area (Å²) >= 11 is 0. The predicted octanol–water partition coefficient (Wildman–Crippen LogP) is 5.21. The number of hydrogen-bond acceptors (Lipinski definition) is 7. The molecule has 1 amide bonds. The zero-order valence-electron chi connectivity index (χ0n) is 25.2. The Labute approximate surface area is 254 Å². The van der Waals surface area contributed by atoms with Crippen LogP contribution in [0.2, 0.25) is 0 Å². The lowest BCUT2D eigenvalue weighted by Crippen LogP contribution is -2.79. The number of phenolic OH excluding ortho intramolecular Hbond substituents is 1. The molecule has 0 unspecified atom stereocenters. The zero-order chi connectivity index (χ0) is 31.6. The van der Waals surface area contributed by atoms with Crippen LogP contribution in [-0.4, -0.2) is 77.1 Å². The van der Waals surface area contributed by atoms with Gasteiger partial charge in [0.25, 0.3) is 0 Å². The monoisotopic (exact) mass is 614 g/mol. The summed E-state index contributed by atoms with van der Waals surface area (Å²) in [5.41, 5.74) is 0.628. The van der Waals surface area contributed by atoms with Crippen LogP contribution < -0.4 is 9.47 Å². The molecule has 11 heteroatoms. The summed E-state index contributed by atoms with van der Waals surface area (Å²) in [7, 11) is 2.04. The number of carbonyl (C=O) groups is 2. The molecule has 4 aliphatic rings. The Morgan fingerprint density at radius 2 is 2.00 bits per heavy atom. The Morgan fingerprint density at radius 1 is 1.23 bits per heavy atom. The van der Waals surface area contributed by atoms with Gasteiger partial charge in [0.15, 0.2) is 11.5 Å². The molecule has 2 aromatic carbocycles. The molecule has 2 bridgehead atoms. The predicted molar refractivity (Wildman–Crippen MR) is 155 cm³/mol. The summed E-state index contributed by atoms with van der Waals surface area (Å²) in [6, 6.07) is 8.49. The number of aromatic hydroxyl groups is 1. The maximum Gasteiger partial charge on any atom is 0.573 e. The molecule has 1 spiro atoms. The smallest absolute Gasteiger partial charge is 0.504 e. The van der Waals surface area contributed by atoms with E-state index in [1.165, 1.54) is 37.3 Å². The van der Waals surface area contributed by atoms with Crippen LogP contribution in [0, 0.1) is 5.92 Å². The Morgan fingerprint density at radius 3 is 2.70 bits per heavy atom. The molecule has 5 atom stereocenters. The zero-order valence-corrected chi connectivity index (χ0v) is 25.2. The van der Waals surface area contributed by atoms with Gasteiger partial charge in [0.1, 0.15) is 17.5 Å². The standard InChI is InChI=1S/C33H37F3N2O6/c1-19(2)18-38(27(41)11-8-21-6-5-7-23(16-21)44-33(34,35)36)24-12-13-32(43-20(3)39)26-17-22-9-10-25(40)29-28(22)31(32,30(24)42-29)14-15-37(26)4/h5-11,16,19,24,26,30,40H,12-15,17-18H2,1-4H3/t24-,26+,30-,31-,32+/m0/s1. The number of amides is 1. The van der Waals surface area contributed by atoms with Gasteiger partial charge in [-0.3, -0.25) is 14.5 Å². The van der Waals surface area contributed by atoms with Gasteiger partial charge < -0.3 is 24.2 Å². The summed E-state index contributed by atoms with van der Waals surface area (Å²) < 4.78 is 55.4. The lowest BCUT2D eigenvalue weighted by Gasteiger charge is -2.65. The van der Waals surface area contributed by atoms with Gasteiger partial charge in [-0.2, -0.15) is 0 Å². The first-order valence-corrected chi connectivity index (χ1v) is 15.0. The molecule has 1 N–H and O–H groups in total. The first-order chi connectivity index (χ1) is 20.8. The summed E-state index contributed by atoms with van der Waals surface area (Å²) in [6.45, 7) is 6.56. The lowest BCUT2D eigenvalue weighted by atomic mass is 9.48. The molecule has 0 radical (unpaired) electrons. The maximum absolute atomic E-state index is 14.0. The number of carbonyl (C=O) groups excluding carboxylic acids is 2. The van der Waals surface area contributed by atoms with Gasteiger partial charge in [-0.15, -0.1) is 13.2 Å². The molecule has 2 aliphatic heterocycles. The van der Waals surface area contributed by atoms with E-state index >= 15 is 0 Å². The van der Waals surface area contributed by atoms with Crippen LogP contribution in [0.3, 0.4) is 0 Å². The number of phenols is 1. The van der Waals surface area contributed by atoms with Gasteiger partial charge in [0, 0.05) is 25.1 Å². The van der Waals surface area contributed by atoms with Crippen LogP contribution in [-0.2, 0) is 26.2 Å². The van der Waals surface area contributed by atoms with Crippen molar-refractivity contribution in [3.63, 3.8) is 0 Å². The van der Waals surface area contributed by atoms with Crippen molar-refractivity contribution in [1.82, 2.24) is 9.80 Å². The number of nitrogens with zero attached hydrogens (tertiary/aromatic N) is 2. The number of piperidine rings is 1. The average molecular weight is 615 g/mol. The third-order valence-electron chi connectivity index (χ3n) is 9.74. The van der Waals surface area contributed by atoms with Crippen molar-refractivity contribution < 1.29 is 42.1 Å². The maximum atomic E-state index is 14.0. The van der Waals surface area contributed by atoms with Crippen molar-refractivity contribution in [1.29, 1.82) is 0 Å². The van der Waals surface area contributed by atoms with Crippen LogP contribution in [0.1, 0.15) is 56.7 Å². The number of esters is 1. The number of hydrogen-bond donors (Lipinski definition) is 1. The quantitative estimate of drug-likeness (QED) is 0.338. The lowest BCUT2D eigenvalue weighted by molar-refractivity contribution is -0.274. The van der Waals surface area contributed by atoms with Crippen LogP contribution in [0.25, 0.3) is 6.08 Å². The van der Waals surface area contributed by atoms with E-state index < -0.39 is 29.5 Å². The second-order valence-electron chi connectivity index (χ2n) is 12.8. The van der Waals surface area contributed by atoms with Crippen molar-refractivity contribution in [3.8, 4) is 17.2 Å². The van der Waals surface area contributed by atoms with Crippen LogP contribution in [0.4, 0.5) is 13.2 Å². The second kappa shape index (κ2) is 10.7. The summed E-state index contributed by atoms with van der Waals surface area (Å²) in [4.78, 5) is 30.7. The minimum Gasteiger partial charge on any atom is -0.504 e. The van der Waals surface area contributed by atoms with E-state index in [-0.39, 0.29) is 35.3 Å². The Balaban J connectivity index is 1.40. The second-order valence-corrected chi connectivity index (χ2v) is 12.8. The summed E-state index contributed by atoms with van der Waals surface area (Å²) in [5, 5.41) is 11.0. The van der Waals surface area contributed by atoms with Gasteiger partial charge in [-0.25, -0.2) is 0 Å². The third-order valence-corrected chi connectivity index (χ3v) is 9.74. The van der Waals surface area contributed by atoms with E-state index in [9.17, 15) is 27.9 Å². The van der Waals surface area contributed by atoms with Gasteiger partial charge >= 0.3 is 12.3 Å². The highest BCUT2D eigenvalue weighted by Gasteiger charge is 2.75. The Kier molecular flexibility index (Phi) is 7.38. The molecule has 0 aromatic heterocycles. The van der Waals surface area contributed by atoms with Crippen molar-refractivity contribution in [2.45, 2.75) is 82.0 Å². The molecule has 1 saturated carbocycles. The number of halogens is 3. The van der Waals surface area contributed by atoms with E-state index in [0.29, 0.717) is 43.5 Å². The van der Waals surface area contributed by atoms with Crippen molar-refractivity contribution in [2.24, 2.45) is 5.92 Å². The Bertz CT molecular complexity index is 1510. The molecule has 8 nitrogen and oxygen atoms in total. The normalized spacial score (nSPS) is 28.9. The topological polar surface area (TPSA) is 88.5 Å². The molecular weight excluding hydrogens is 577 g/mol. The van der Waals surface area contributed by atoms with Crippen molar-refractivity contribution in [2.75, 3.05) is 20.1 Å². The van der Waals surface area contributed by atoms with Crippen molar-refractivity contribution >= 4 is 18.0 Å². The van der Waals surface area contributed by atoms with Crippen molar-refractivity contribution in [3.05, 3.63) is 59.2 Å². The van der Waals surface area contributed by atoms with Crippen LogP contribution >= 0.6 is 0 Å². The third kappa shape index (κ3) is 4.80. The van der Waals surface area contributed by atoms with E-state index in [0.717, 1.165) is 17.7 Å². The fourth-order valence-electron chi connectivity index (χ4n) is 8.34. The number of rotatable bonds is 7. The first kappa shape index (κ1) is 30.3. The van der Waals surface area contributed by atoms with Gasteiger partial charge in [-0.05, 0) is 80.6 Å². The molecule has 2 aromatic rings. The Hall–Kier alpha value is -3.73. The van der Waals surface area contributed by atoms with Gasteiger partial charge in [0.05, 0.1) is 17.5 Å². The molecular formula is C33H37F3N2O6. The fourth-order valence-corrected chi connectivity index (χ4v) is 8.34. The molecule has 6 rings (SSSR count). The van der Waals surface area contributed by atoms with E-state index in [4.69, 9.17) is 9.47 Å². The highest BCUT2D eigenvalue weighted by molar-refractivity contribution is 5.92. The molecule has 2 aliphatic carbocycles. The molecule has 236 valence electrons. The largest absolute Gasteiger partial charge is 0.573 e. The number of ether oxygens (including phenoxy) is 3. The van der Waals surface area contributed by atoms with Crippen LogP contribution in [0.5, 0.6) is 17.2 Å². The minimum absolute atomic E-state index is 0.0166. The number of benzene rings is 2. The van der Waals surface area contributed by atoms with E-state index in [2.05, 4.69) is 9.64 Å². The SMILES string of the molecule is CC(=O)O[C@@]12CC[C@H](N(CC(C)C)C(=O)C=Cc3cccc(OC(F)(F)F)c3)[C@@H]3Oc4c(O)ccc5c4[C@@]31CCN(C)[C@@H]2C5. The molecule has 2 heterocycles. The average Bonchev–Trinajstić information content (AvgIpc) is 3.29. The summed E-state index contributed by atoms with van der Waals surface area (Å²) in [6.07, 6.45) is -0.319. The number of likely N-dealkylation sites (tertiary alicyclic amines) is 1. The molecule has 2 fully saturated rings.